The zero-order chi connectivity index (χ0) is 19.9. The Balaban J connectivity index is 1.43. The fraction of sp³-hybridized carbons (Fsp3) is 0.350. The minimum absolute atomic E-state index is 0.0328. The Kier molecular flexibility index (Phi) is 4.76. The highest BCUT2D eigenvalue weighted by Gasteiger charge is 2.32. The predicted octanol–water partition coefficient (Wildman–Crippen LogP) is 2.36. The van der Waals surface area contributed by atoms with Gasteiger partial charge in [0.1, 0.15) is 0 Å². The molecule has 1 unspecified atom stereocenters. The van der Waals surface area contributed by atoms with Gasteiger partial charge in [0.2, 0.25) is 22.7 Å². The molecule has 1 saturated heterocycles. The van der Waals surface area contributed by atoms with Crippen molar-refractivity contribution in [1.82, 2.24) is 4.72 Å². The number of amides is 1. The number of carbonyl (C=O) groups excluding carboxylic acids is 1. The highest BCUT2D eigenvalue weighted by atomic mass is 32.2. The van der Waals surface area contributed by atoms with E-state index in [2.05, 4.69) is 4.72 Å². The van der Waals surface area contributed by atoms with E-state index in [9.17, 15) is 13.2 Å². The number of ether oxygens (including phenoxy) is 2. The smallest absolute Gasteiger partial charge is 0.240 e. The third-order valence-electron chi connectivity index (χ3n) is 5.05. The molecular formula is C20H22N2O5S. The van der Waals surface area contributed by atoms with E-state index >= 15 is 0 Å². The molecule has 2 aliphatic heterocycles. The summed E-state index contributed by atoms with van der Waals surface area (Å²) in [5.74, 6) is 1.14. The van der Waals surface area contributed by atoms with E-state index < -0.39 is 10.0 Å². The lowest BCUT2D eigenvalue weighted by Crippen LogP contribution is -2.31. The Morgan fingerprint density at radius 1 is 1.11 bits per heavy atom. The van der Waals surface area contributed by atoms with Gasteiger partial charge in [0.05, 0.1) is 4.90 Å². The minimum atomic E-state index is -3.62. The van der Waals surface area contributed by atoms with Crippen LogP contribution in [0, 0.1) is 19.8 Å². The molecule has 2 heterocycles. The average Bonchev–Trinajstić information content (AvgIpc) is 3.25. The maximum absolute atomic E-state index is 12.6. The van der Waals surface area contributed by atoms with Gasteiger partial charge in [-0.15, -0.1) is 0 Å². The van der Waals surface area contributed by atoms with Crippen molar-refractivity contribution in [3.8, 4) is 11.5 Å². The number of sulfonamides is 1. The first-order valence-electron chi connectivity index (χ1n) is 9.10. The Morgan fingerprint density at radius 2 is 1.89 bits per heavy atom. The van der Waals surface area contributed by atoms with Gasteiger partial charge in [0.15, 0.2) is 11.5 Å². The van der Waals surface area contributed by atoms with Crippen molar-refractivity contribution < 1.29 is 22.7 Å². The summed E-state index contributed by atoms with van der Waals surface area (Å²) in [4.78, 5) is 14.4. The van der Waals surface area contributed by atoms with E-state index in [1.165, 1.54) is 0 Å². The molecule has 0 bridgehead atoms. The Bertz CT molecular complexity index is 1030. The fourth-order valence-corrected chi connectivity index (χ4v) is 4.97. The molecule has 0 radical (unpaired) electrons. The van der Waals surface area contributed by atoms with Crippen LogP contribution in [0.4, 0.5) is 5.69 Å². The van der Waals surface area contributed by atoms with Crippen molar-refractivity contribution in [2.75, 3.05) is 24.8 Å². The molecular weight excluding hydrogens is 380 g/mol. The summed E-state index contributed by atoms with van der Waals surface area (Å²) >= 11 is 0. The van der Waals surface area contributed by atoms with Gasteiger partial charge in [-0.3, -0.25) is 4.79 Å². The largest absolute Gasteiger partial charge is 0.454 e. The molecule has 0 aromatic heterocycles. The van der Waals surface area contributed by atoms with Gasteiger partial charge in [0, 0.05) is 31.3 Å². The molecule has 28 heavy (non-hydrogen) atoms. The van der Waals surface area contributed by atoms with Crippen LogP contribution in [-0.2, 0) is 14.8 Å². The number of anilines is 1. The van der Waals surface area contributed by atoms with Gasteiger partial charge in [-0.25, -0.2) is 13.1 Å². The predicted molar refractivity (Wildman–Crippen MR) is 104 cm³/mol. The maximum atomic E-state index is 12.6. The van der Waals surface area contributed by atoms with Crippen molar-refractivity contribution in [1.29, 1.82) is 0 Å². The molecule has 2 aromatic carbocycles. The lowest BCUT2D eigenvalue weighted by molar-refractivity contribution is -0.117. The number of fused-ring (bicyclic) bond motifs is 1. The second-order valence-electron chi connectivity index (χ2n) is 7.23. The number of hydrogen-bond donors (Lipinski definition) is 1. The Morgan fingerprint density at radius 3 is 2.68 bits per heavy atom. The Labute approximate surface area is 164 Å². The second kappa shape index (κ2) is 7.10. The number of benzene rings is 2. The zero-order valence-corrected chi connectivity index (χ0v) is 16.6. The standard InChI is InChI=1S/C20H22N2O5S/c1-13-3-6-19(14(2)7-13)28(24,25)21-10-15-8-20(23)22(11-15)16-4-5-17-18(9-16)27-12-26-17/h3-7,9,15,21H,8,10-12H2,1-2H3. The molecule has 0 aliphatic carbocycles. The molecule has 1 amide bonds. The van der Waals surface area contributed by atoms with E-state index in [1.54, 1.807) is 36.1 Å². The normalized spacial score (nSPS) is 18.7. The van der Waals surface area contributed by atoms with E-state index in [4.69, 9.17) is 9.47 Å². The summed E-state index contributed by atoms with van der Waals surface area (Å²) in [6.07, 6.45) is 0.295. The fourth-order valence-electron chi connectivity index (χ4n) is 3.63. The average molecular weight is 402 g/mol. The van der Waals surface area contributed by atoms with Crippen molar-refractivity contribution >= 4 is 21.6 Å². The zero-order valence-electron chi connectivity index (χ0n) is 15.8. The molecule has 1 fully saturated rings. The van der Waals surface area contributed by atoms with Crippen molar-refractivity contribution in [3.63, 3.8) is 0 Å². The third kappa shape index (κ3) is 3.57. The second-order valence-corrected chi connectivity index (χ2v) is 8.97. The summed E-state index contributed by atoms with van der Waals surface area (Å²) in [6, 6.07) is 10.6. The van der Waals surface area contributed by atoms with E-state index in [-0.39, 0.29) is 30.1 Å². The summed E-state index contributed by atoms with van der Waals surface area (Å²) < 4.78 is 38.6. The molecule has 7 nitrogen and oxygen atoms in total. The molecule has 2 aromatic rings. The van der Waals surface area contributed by atoms with Crippen LogP contribution in [0.5, 0.6) is 11.5 Å². The van der Waals surface area contributed by atoms with Crippen LogP contribution < -0.4 is 19.1 Å². The first-order valence-corrected chi connectivity index (χ1v) is 10.6. The topological polar surface area (TPSA) is 84.9 Å². The molecule has 148 valence electrons. The van der Waals surface area contributed by atoms with Gasteiger partial charge in [-0.1, -0.05) is 17.7 Å². The molecule has 1 atom stereocenters. The van der Waals surface area contributed by atoms with E-state index in [0.717, 1.165) is 11.3 Å². The van der Waals surface area contributed by atoms with Gasteiger partial charge < -0.3 is 14.4 Å². The van der Waals surface area contributed by atoms with Crippen LogP contribution in [0.15, 0.2) is 41.3 Å². The molecule has 0 saturated carbocycles. The molecule has 4 rings (SSSR count). The lowest BCUT2D eigenvalue weighted by atomic mass is 10.1. The summed E-state index contributed by atoms with van der Waals surface area (Å²) in [7, 11) is -3.62. The van der Waals surface area contributed by atoms with Crippen LogP contribution in [0.25, 0.3) is 0 Å². The summed E-state index contributed by atoms with van der Waals surface area (Å²) in [5.41, 5.74) is 2.45. The van der Waals surface area contributed by atoms with Crippen molar-refractivity contribution in [2.45, 2.75) is 25.2 Å². The number of carbonyl (C=O) groups is 1. The van der Waals surface area contributed by atoms with Gasteiger partial charge in [-0.2, -0.15) is 0 Å². The van der Waals surface area contributed by atoms with Crippen LogP contribution in [0.1, 0.15) is 17.5 Å². The quantitative estimate of drug-likeness (QED) is 0.830. The summed E-state index contributed by atoms with van der Waals surface area (Å²) in [6.45, 7) is 4.54. The Hall–Kier alpha value is -2.58. The van der Waals surface area contributed by atoms with E-state index in [0.29, 0.717) is 30.0 Å². The molecule has 2 aliphatic rings. The number of nitrogens with zero attached hydrogens (tertiary/aromatic N) is 1. The number of nitrogens with one attached hydrogen (secondary N) is 1. The number of rotatable bonds is 5. The number of aryl methyl sites for hydroxylation is 2. The molecule has 0 spiro atoms. The first kappa shape index (κ1) is 18.8. The lowest BCUT2D eigenvalue weighted by Gasteiger charge is -2.17. The molecule has 8 heteroatoms. The van der Waals surface area contributed by atoms with Crippen LogP contribution in [0.2, 0.25) is 0 Å². The third-order valence-corrected chi connectivity index (χ3v) is 6.64. The highest BCUT2D eigenvalue weighted by molar-refractivity contribution is 7.89. The van der Waals surface area contributed by atoms with Crippen molar-refractivity contribution in [3.05, 3.63) is 47.5 Å². The van der Waals surface area contributed by atoms with Crippen LogP contribution in [-0.4, -0.2) is 34.2 Å². The monoisotopic (exact) mass is 402 g/mol. The van der Waals surface area contributed by atoms with Gasteiger partial charge in [0.25, 0.3) is 0 Å². The SMILES string of the molecule is Cc1ccc(S(=O)(=O)NCC2CC(=O)N(c3ccc4c(c3)OCO4)C2)c(C)c1. The van der Waals surface area contributed by atoms with Crippen LogP contribution >= 0.6 is 0 Å². The number of hydrogen-bond acceptors (Lipinski definition) is 5. The van der Waals surface area contributed by atoms with Gasteiger partial charge in [-0.05, 0) is 43.5 Å². The maximum Gasteiger partial charge on any atom is 0.240 e. The van der Waals surface area contributed by atoms with Crippen molar-refractivity contribution in [2.24, 2.45) is 5.92 Å². The van der Waals surface area contributed by atoms with Gasteiger partial charge >= 0.3 is 0 Å². The summed E-state index contributed by atoms with van der Waals surface area (Å²) in [5, 5.41) is 0. The highest BCUT2D eigenvalue weighted by Crippen LogP contribution is 2.37. The van der Waals surface area contributed by atoms with E-state index in [1.807, 2.05) is 19.1 Å². The van der Waals surface area contributed by atoms with Crippen LogP contribution in [0.3, 0.4) is 0 Å². The molecule has 1 N–H and O–H groups in total. The first-order chi connectivity index (χ1) is 13.3. The minimum Gasteiger partial charge on any atom is -0.454 e.